The number of hydrogen-bond donors (Lipinski definition) is 0. The number of fused-ring (bicyclic) bond motifs is 1. The van der Waals surface area contributed by atoms with Crippen LogP contribution in [-0.2, 0) is 13.0 Å². The zero-order valence-electron chi connectivity index (χ0n) is 16.9. The molecule has 0 amide bonds. The third kappa shape index (κ3) is 4.34. The highest BCUT2D eigenvalue weighted by Crippen LogP contribution is 2.23. The van der Waals surface area contributed by atoms with E-state index in [1.165, 1.54) is 12.1 Å². The number of aromatic nitrogens is 2. The number of halogens is 1. The SMILES string of the molecule is CCCc1nc2ccc([N+](=O)[O-])cc2c(=O)n1Cc1ccc(-c2ccc(Cl)cc2)cc1. The maximum absolute atomic E-state index is 13.2. The standard InChI is InChI=1S/C24H20ClN3O3/c1-2-3-23-26-22-13-12-20(28(30)31)14-21(22)24(29)27(23)15-16-4-6-17(7-5-16)18-8-10-19(25)11-9-18/h4-14H,2-3,15H2,1H3. The lowest BCUT2D eigenvalue weighted by molar-refractivity contribution is -0.384. The van der Waals surface area contributed by atoms with Gasteiger partial charge < -0.3 is 0 Å². The van der Waals surface area contributed by atoms with Gasteiger partial charge in [0.15, 0.2) is 0 Å². The van der Waals surface area contributed by atoms with Crippen LogP contribution in [0.1, 0.15) is 24.7 Å². The third-order valence-electron chi connectivity index (χ3n) is 5.17. The fourth-order valence-corrected chi connectivity index (χ4v) is 3.70. The number of benzene rings is 3. The molecule has 0 spiro atoms. The van der Waals surface area contributed by atoms with Crippen molar-refractivity contribution in [1.29, 1.82) is 0 Å². The van der Waals surface area contributed by atoms with Crippen molar-refractivity contribution >= 4 is 28.2 Å². The van der Waals surface area contributed by atoms with Crippen molar-refractivity contribution in [2.45, 2.75) is 26.3 Å². The molecule has 0 bridgehead atoms. The van der Waals surface area contributed by atoms with Gasteiger partial charge in [-0.05, 0) is 41.3 Å². The van der Waals surface area contributed by atoms with Crippen molar-refractivity contribution in [3.63, 3.8) is 0 Å². The fourth-order valence-electron chi connectivity index (χ4n) is 3.57. The van der Waals surface area contributed by atoms with Crippen LogP contribution in [0.3, 0.4) is 0 Å². The zero-order chi connectivity index (χ0) is 22.0. The van der Waals surface area contributed by atoms with Crippen molar-refractivity contribution in [3.05, 3.63) is 104 Å². The minimum Gasteiger partial charge on any atom is -0.292 e. The Morgan fingerprint density at radius 2 is 1.65 bits per heavy atom. The molecule has 0 saturated carbocycles. The van der Waals surface area contributed by atoms with Gasteiger partial charge in [0.2, 0.25) is 0 Å². The van der Waals surface area contributed by atoms with Gasteiger partial charge in [0.05, 0.1) is 22.4 Å². The van der Waals surface area contributed by atoms with Crippen LogP contribution in [0, 0.1) is 10.1 Å². The first-order valence-corrected chi connectivity index (χ1v) is 10.4. The van der Waals surface area contributed by atoms with Crippen LogP contribution in [0.25, 0.3) is 22.0 Å². The molecule has 0 aliphatic heterocycles. The lowest BCUT2D eigenvalue weighted by Gasteiger charge is -2.14. The van der Waals surface area contributed by atoms with Gasteiger partial charge in [0.25, 0.3) is 11.2 Å². The summed E-state index contributed by atoms with van der Waals surface area (Å²) in [4.78, 5) is 28.5. The Bertz CT molecular complexity index is 1310. The average molecular weight is 434 g/mol. The number of nitro groups is 1. The summed E-state index contributed by atoms with van der Waals surface area (Å²) < 4.78 is 1.62. The molecule has 0 saturated heterocycles. The highest BCUT2D eigenvalue weighted by Gasteiger charge is 2.15. The van der Waals surface area contributed by atoms with Crippen LogP contribution in [0.4, 0.5) is 5.69 Å². The largest absolute Gasteiger partial charge is 0.292 e. The molecule has 156 valence electrons. The molecule has 0 aliphatic rings. The van der Waals surface area contributed by atoms with Crippen LogP contribution < -0.4 is 5.56 Å². The molecule has 1 heterocycles. The summed E-state index contributed by atoms with van der Waals surface area (Å²) in [6.07, 6.45) is 1.48. The fraction of sp³-hybridized carbons (Fsp3) is 0.167. The number of aryl methyl sites for hydroxylation is 1. The van der Waals surface area contributed by atoms with E-state index in [4.69, 9.17) is 11.6 Å². The predicted octanol–water partition coefficient (Wildman–Crippen LogP) is 5.63. The van der Waals surface area contributed by atoms with Crippen LogP contribution in [0.15, 0.2) is 71.5 Å². The molecular formula is C24H20ClN3O3. The van der Waals surface area contributed by atoms with Crippen molar-refractivity contribution in [1.82, 2.24) is 9.55 Å². The molecule has 4 aromatic rings. The summed E-state index contributed by atoms with van der Waals surface area (Å²) in [6.45, 7) is 2.37. The van der Waals surface area contributed by atoms with E-state index in [0.717, 1.165) is 23.1 Å². The quantitative estimate of drug-likeness (QED) is 0.292. The normalized spacial score (nSPS) is 11.0. The Labute approximate surface area is 183 Å². The summed E-state index contributed by atoms with van der Waals surface area (Å²) in [5.74, 6) is 0.677. The molecule has 3 aromatic carbocycles. The smallest absolute Gasteiger partial charge is 0.270 e. The minimum absolute atomic E-state index is 0.117. The van der Waals surface area contributed by atoms with Crippen molar-refractivity contribution in [2.75, 3.05) is 0 Å². The summed E-state index contributed by atoms with van der Waals surface area (Å²) in [5.41, 5.74) is 3.15. The monoisotopic (exact) mass is 433 g/mol. The number of nitrogens with zero attached hydrogens (tertiary/aromatic N) is 3. The molecular weight excluding hydrogens is 414 g/mol. The maximum Gasteiger partial charge on any atom is 0.270 e. The van der Waals surface area contributed by atoms with Gasteiger partial charge in [0.1, 0.15) is 5.82 Å². The topological polar surface area (TPSA) is 78.0 Å². The molecule has 0 unspecified atom stereocenters. The first kappa shape index (κ1) is 20.8. The van der Waals surface area contributed by atoms with Crippen molar-refractivity contribution < 1.29 is 4.92 Å². The molecule has 0 radical (unpaired) electrons. The Hall–Kier alpha value is -3.51. The van der Waals surface area contributed by atoms with E-state index < -0.39 is 4.92 Å². The number of hydrogen-bond acceptors (Lipinski definition) is 4. The van der Waals surface area contributed by atoms with E-state index in [0.29, 0.717) is 29.3 Å². The molecule has 6 nitrogen and oxygen atoms in total. The first-order valence-electron chi connectivity index (χ1n) is 9.99. The lowest BCUT2D eigenvalue weighted by Crippen LogP contribution is -2.26. The van der Waals surface area contributed by atoms with Gasteiger partial charge >= 0.3 is 0 Å². The zero-order valence-corrected chi connectivity index (χ0v) is 17.7. The van der Waals surface area contributed by atoms with Gasteiger partial charge in [-0.2, -0.15) is 0 Å². The van der Waals surface area contributed by atoms with E-state index >= 15 is 0 Å². The van der Waals surface area contributed by atoms with Gasteiger partial charge in [0, 0.05) is 23.6 Å². The summed E-state index contributed by atoms with van der Waals surface area (Å²) >= 11 is 5.96. The maximum atomic E-state index is 13.2. The van der Waals surface area contributed by atoms with E-state index in [1.54, 1.807) is 10.6 Å². The molecule has 7 heteroatoms. The van der Waals surface area contributed by atoms with Crippen LogP contribution in [0.5, 0.6) is 0 Å². The van der Waals surface area contributed by atoms with Gasteiger partial charge in [-0.15, -0.1) is 0 Å². The molecule has 1 aromatic heterocycles. The Kier molecular flexibility index (Phi) is 5.82. The molecule has 31 heavy (non-hydrogen) atoms. The van der Waals surface area contributed by atoms with Crippen molar-refractivity contribution in [3.8, 4) is 11.1 Å². The second-order valence-electron chi connectivity index (χ2n) is 7.33. The summed E-state index contributed by atoms with van der Waals surface area (Å²) in [7, 11) is 0. The van der Waals surface area contributed by atoms with Crippen LogP contribution >= 0.6 is 11.6 Å². The van der Waals surface area contributed by atoms with Crippen LogP contribution in [-0.4, -0.2) is 14.5 Å². The number of non-ortho nitro benzene ring substituents is 1. The average Bonchev–Trinajstić information content (AvgIpc) is 2.77. The Morgan fingerprint density at radius 1 is 1.00 bits per heavy atom. The molecule has 0 atom stereocenters. The summed E-state index contributed by atoms with van der Waals surface area (Å²) in [6, 6.07) is 19.8. The summed E-state index contributed by atoms with van der Waals surface area (Å²) in [5, 5.41) is 12.1. The Balaban J connectivity index is 1.73. The second kappa shape index (κ2) is 8.70. The van der Waals surface area contributed by atoms with Crippen LogP contribution in [0.2, 0.25) is 5.02 Å². The minimum atomic E-state index is -0.501. The second-order valence-corrected chi connectivity index (χ2v) is 7.77. The molecule has 0 aliphatic carbocycles. The number of nitro benzene ring substituents is 1. The molecule has 0 fully saturated rings. The van der Waals surface area contributed by atoms with Gasteiger partial charge in [-0.25, -0.2) is 4.98 Å². The van der Waals surface area contributed by atoms with E-state index in [-0.39, 0.29) is 16.6 Å². The van der Waals surface area contributed by atoms with Crippen molar-refractivity contribution in [2.24, 2.45) is 0 Å². The highest BCUT2D eigenvalue weighted by molar-refractivity contribution is 6.30. The Morgan fingerprint density at radius 3 is 2.26 bits per heavy atom. The van der Waals surface area contributed by atoms with Gasteiger partial charge in [-0.3, -0.25) is 19.5 Å². The lowest BCUT2D eigenvalue weighted by atomic mass is 10.0. The van der Waals surface area contributed by atoms with E-state index in [2.05, 4.69) is 4.98 Å². The third-order valence-corrected chi connectivity index (χ3v) is 5.43. The predicted molar refractivity (Wildman–Crippen MR) is 123 cm³/mol. The van der Waals surface area contributed by atoms with E-state index in [1.807, 2.05) is 55.5 Å². The van der Waals surface area contributed by atoms with Gasteiger partial charge in [-0.1, -0.05) is 54.9 Å². The first-order chi connectivity index (χ1) is 15.0. The highest BCUT2D eigenvalue weighted by atomic mass is 35.5. The molecule has 0 N–H and O–H groups in total. The molecule has 4 rings (SSSR count). The van der Waals surface area contributed by atoms with E-state index in [9.17, 15) is 14.9 Å². The number of rotatable bonds is 6.